The first-order valence-electron chi connectivity index (χ1n) is 6.97. The summed E-state index contributed by atoms with van der Waals surface area (Å²) < 4.78 is 17.7. The fourth-order valence-electron chi connectivity index (χ4n) is 2.42. The standard InChI is InChI=1S/C15H13ClFN3OS2/c1-3-19-13-12(23-15(19)22)14(21)20(8(2)18-13)7-9-4-5-10(17)6-11(9)16/h4-6H,3,7H2,1-2H3. The summed E-state index contributed by atoms with van der Waals surface area (Å²) in [6, 6.07) is 4.14. The summed E-state index contributed by atoms with van der Waals surface area (Å²) >= 11 is 12.6. The lowest BCUT2D eigenvalue weighted by Gasteiger charge is -2.11. The molecular formula is C15H13ClFN3OS2. The van der Waals surface area contributed by atoms with Gasteiger partial charge in [-0.1, -0.05) is 29.0 Å². The third-order valence-corrected chi connectivity index (χ3v) is 5.40. The summed E-state index contributed by atoms with van der Waals surface area (Å²) in [5.41, 5.74) is 1.13. The van der Waals surface area contributed by atoms with Crippen molar-refractivity contribution in [1.29, 1.82) is 0 Å². The molecule has 0 saturated heterocycles. The molecule has 0 radical (unpaired) electrons. The van der Waals surface area contributed by atoms with E-state index in [9.17, 15) is 9.18 Å². The van der Waals surface area contributed by atoms with Crippen molar-refractivity contribution in [2.75, 3.05) is 0 Å². The van der Waals surface area contributed by atoms with Gasteiger partial charge in [0.1, 0.15) is 16.3 Å². The molecule has 4 nitrogen and oxygen atoms in total. The van der Waals surface area contributed by atoms with Gasteiger partial charge in [0, 0.05) is 11.6 Å². The quantitative estimate of drug-likeness (QED) is 0.651. The van der Waals surface area contributed by atoms with Gasteiger partial charge in [-0.05, 0) is 43.8 Å². The highest BCUT2D eigenvalue weighted by atomic mass is 35.5. The van der Waals surface area contributed by atoms with Gasteiger partial charge in [0.05, 0.1) is 6.54 Å². The van der Waals surface area contributed by atoms with E-state index in [1.54, 1.807) is 13.0 Å². The minimum atomic E-state index is -0.408. The zero-order valence-electron chi connectivity index (χ0n) is 12.5. The molecule has 0 bridgehead atoms. The second-order valence-electron chi connectivity index (χ2n) is 5.05. The first-order valence-corrected chi connectivity index (χ1v) is 8.57. The maximum atomic E-state index is 13.2. The number of thiazole rings is 1. The van der Waals surface area contributed by atoms with Crippen LogP contribution >= 0.6 is 35.2 Å². The molecule has 0 aliphatic rings. The normalized spacial score (nSPS) is 11.3. The lowest BCUT2D eigenvalue weighted by atomic mass is 10.2. The van der Waals surface area contributed by atoms with Crippen molar-refractivity contribution in [3.05, 3.63) is 54.7 Å². The van der Waals surface area contributed by atoms with Crippen molar-refractivity contribution < 1.29 is 4.39 Å². The maximum absolute atomic E-state index is 13.2. The number of aromatic nitrogens is 3. The maximum Gasteiger partial charge on any atom is 0.273 e. The van der Waals surface area contributed by atoms with Gasteiger partial charge in [-0.3, -0.25) is 9.36 Å². The van der Waals surface area contributed by atoms with Crippen LogP contribution < -0.4 is 5.56 Å². The third-order valence-electron chi connectivity index (χ3n) is 3.63. The fourth-order valence-corrected chi connectivity index (χ4v) is 4.05. The average Bonchev–Trinajstić information content (AvgIpc) is 2.81. The highest BCUT2D eigenvalue weighted by Crippen LogP contribution is 2.21. The number of halogens is 2. The highest BCUT2D eigenvalue weighted by molar-refractivity contribution is 7.73. The number of fused-ring (bicyclic) bond motifs is 1. The predicted octanol–water partition coefficient (Wildman–Crippen LogP) is 4.16. The van der Waals surface area contributed by atoms with Crippen molar-refractivity contribution in [3.8, 4) is 0 Å². The summed E-state index contributed by atoms with van der Waals surface area (Å²) in [7, 11) is 0. The molecule has 0 saturated carbocycles. The zero-order valence-corrected chi connectivity index (χ0v) is 14.9. The SMILES string of the molecule is CCn1c(=S)sc2c(=O)n(Cc3ccc(F)cc3Cl)c(C)nc21. The summed E-state index contributed by atoms with van der Waals surface area (Å²) in [5, 5.41) is 0.287. The van der Waals surface area contributed by atoms with Crippen molar-refractivity contribution in [2.45, 2.75) is 26.9 Å². The molecule has 8 heteroatoms. The van der Waals surface area contributed by atoms with Gasteiger partial charge < -0.3 is 4.57 Å². The van der Waals surface area contributed by atoms with E-state index in [-0.39, 0.29) is 17.1 Å². The van der Waals surface area contributed by atoms with Gasteiger partial charge >= 0.3 is 0 Å². The summed E-state index contributed by atoms with van der Waals surface area (Å²) in [6.45, 7) is 4.63. The number of aryl methyl sites for hydroxylation is 2. The number of benzene rings is 1. The largest absolute Gasteiger partial charge is 0.308 e. The molecule has 120 valence electrons. The van der Waals surface area contributed by atoms with E-state index in [0.717, 1.165) is 0 Å². The van der Waals surface area contributed by atoms with E-state index in [4.69, 9.17) is 23.8 Å². The van der Waals surface area contributed by atoms with E-state index in [1.807, 2.05) is 11.5 Å². The van der Waals surface area contributed by atoms with Crippen LogP contribution in [0, 0.1) is 16.7 Å². The van der Waals surface area contributed by atoms with Crippen molar-refractivity contribution >= 4 is 45.5 Å². The molecule has 3 rings (SSSR count). The monoisotopic (exact) mass is 369 g/mol. The minimum Gasteiger partial charge on any atom is -0.308 e. The van der Waals surface area contributed by atoms with Crippen molar-refractivity contribution in [2.24, 2.45) is 0 Å². The van der Waals surface area contributed by atoms with Gasteiger partial charge in [0.2, 0.25) is 0 Å². The van der Waals surface area contributed by atoms with Gasteiger partial charge in [0.25, 0.3) is 5.56 Å². The van der Waals surface area contributed by atoms with Crippen LogP contribution in [-0.4, -0.2) is 14.1 Å². The Balaban J connectivity index is 2.19. The highest BCUT2D eigenvalue weighted by Gasteiger charge is 2.15. The van der Waals surface area contributed by atoms with Gasteiger partial charge in [-0.2, -0.15) is 0 Å². The minimum absolute atomic E-state index is 0.156. The van der Waals surface area contributed by atoms with E-state index >= 15 is 0 Å². The second kappa shape index (κ2) is 6.14. The molecule has 0 spiro atoms. The molecule has 0 atom stereocenters. The Morgan fingerprint density at radius 3 is 2.78 bits per heavy atom. The van der Waals surface area contributed by atoms with Gasteiger partial charge in [0.15, 0.2) is 9.60 Å². The third kappa shape index (κ3) is 2.84. The molecule has 0 N–H and O–H groups in total. The fraction of sp³-hybridized carbons (Fsp3) is 0.267. The molecule has 0 aliphatic heterocycles. The predicted molar refractivity (Wildman–Crippen MR) is 93.6 cm³/mol. The molecule has 0 fully saturated rings. The van der Waals surface area contributed by atoms with Crippen LogP contribution in [0.2, 0.25) is 5.02 Å². The van der Waals surface area contributed by atoms with Crippen LogP contribution in [0.4, 0.5) is 4.39 Å². The second-order valence-corrected chi connectivity index (χ2v) is 7.10. The molecule has 2 aromatic heterocycles. The number of rotatable bonds is 3. The molecule has 2 heterocycles. The van der Waals surface area contributed by atoms with Crippen LogP contribution in [-0.2, 0) is 13.1 Å². The van der Waals surface area contributed by atoms with Crippen LogP contribution in [0.3, 0.4) is 0 Å². The molecule has 3 aromatic rings. The van der Waals surface area contributed by atoms with E-state index in [0.29, 0.717) is 32.2 Å². The molecule has 23 heavy (non-hydrogen) atoms. The summed E-state index contributed by atoms with van der Waals surface area (Å²) in [5.74, 6) is 0.160. The van der Waals surface area contributed by atoms with Gasteiger partial charge in [-0.15, -0.1) is 0 Å². The lowest BCUT2D eigenvalue weighted by molar-refractivity contribution is 0.625. The Hall–Kier alpha value is -1.57. The summed E-state index contributed by atoms with van der Waals surface area (Å²) in [6.07, 6.45) is 0. The summed E-state index contributed by atoms with van der Waals surface area (Å²) in [4.78, 5) is 17.3. The topological polar surface area (TPSA) is 39.8 Å². The molecule has 1 aromatic carbocycles. The van der Waals surface area contributed by atoms with E-state index in [2.05, 4.69) is 4.98 Å². The first kappa shape index (κ1) is 16.3. The van der Waals surface area contributed by atoms with E-state index < -0.39 is 5.82 Å². The number of hydrogen-bond donors (Lipinski definition) is 0. The zero-order chi connectivity index (χ0) is 16.7. The van der Waals surface area contributed by atoms with Crippen LogP contribution in [0.5, 0.6) is 0 Å². The van der Waals surface area contributed by atoms with Crippen LogP contribution in [0.1, 0.15) is 18.3 Å². The van der Waals surface area contributed by atoms with Gasteiger partial charge in [-0.25, -0.2) is 9.37 Å². The van der Waals surface area contributed by atoms with Crippen LogP contribution in [0.25, 0.3) is 10.3 Å². The van der Waals surface area contributed by atoms with Crippen molar-refractivity contribution in [3.63, 3.8) is 0 Å². The lowest BCUT2D eigenvalue weighted by Crippen LogP contribution is -2.24. The number of hydrogen-bond acceptors (Lipinski definition) is 4. The number of nitrogens with zero attached hydrogens (tertiary/aromatic N) is 3. The van der Waals surface area contributed by atoms with E-state index in [1.165, 1.54) is 28.0 Å². The molecule has 0 aliphatic carbocycles. The Morgan fingerprint density at radius 2 is 2.13 bits per heavy atom. The smallest absolute Gasteiger partial charge is 0.273 e. The van der Waals surface area contributed by atoms with Crippen molar-refractivity contribution in [1.82, 2.24) is 14.1 Å². The molecule has 0 amide bonds. The Bertz CT molecular complexity index is 1020. The first-order chi connectivity index (χ1) is 10.9. The van der Waals surface area contributed by atoms with Crippen LogP contribution in [0.15, 0.2) is 23.0 Å². The average molecular weight is 370 g/mol. The Morgan fingerprint density at radius 1 is 1.39 bits per heavy atom. The molecular weight excluding hydrogens is 357 g/mol. The molecule has 0 unspecified atom stereocenters. The Kier molecular flexibility index (Phi) is 4.35. The Labute approximate surface area is 145 Å².